The Labute approximate surface area is 169 Å². The number of aryl methyl sites for hydroxylation is 1. The fraction of sp³-hybridized carbons (Fsp3) is 0.389. The number of rotatable bonds is 9. The summed E-state index contributed by atoms with van der Waals surface area (Å²) in [6, 6.07) is 9.34. The fourth-order valence-electron chi connectivity index (χ4n) is 2.16. The number of amides is 2. The third kappa shape index (κ3) is 8.03. The van der Waals surface area contributed by atoms with Crippen molar-refractivity contribution < 1.29 is 14.1 Å². The Balaban J connectivity index is 0.00000364. The van der Waals surface area contributed by atoms with Crippen LogP contribution < -0.4 is 16.0 Å². The first-order valence-electron chi connectivity index (χ1n) is 8.43. The van der Waals surface area contributed by atoms with E-state index in [-0.39, 0.29) is 30.0 Å². The Bertz CT molecular complexity index is 754. The molecule has 0 radical (unpaired) electrons. The van der Waals surface area contributed by atoms with Gasteiger partial charge in [0.2, 0.25) is 11.8 Å². The molecule has 148 valence electrons. The van der Waals surface area contributed by atoms with E-state index in [4.69, 9.17) is 4.52 Å². The van der Waals surface area contributed by atoms with Gasteiger partial charge in [-0.05, 0) is 38.1 Å². The molecule has 2 rings (SSSR count). The van der Waals surface area contributed by atoms with Crippen LogP contribution in [0.5, 0.6) is 0 Å². The molecule has 0 aliphatic carbocycles. The first-order valence-corrected chi connectivity index (χ1v) is 9.48. The van der Waals surface area contributed by atoms with Crippen LogP contribution in [0.1, 0.15) is 25.2 Å². The average molecular weight is 413 g/mol. The minimum atomic E-state index is -0.391. The SMILES string of the molecule is CCNCc1cccc(NC(=O)CSC(C)C(=O)Nc2cc(C)on2)c1.Cl. The fourth-order valence-corrected chi connectivity index (χ4v) is 2.84. The molecule has 1 heterocycles. The van der Waals surface area contributed by atoms with Gasteiger partial charge in [-0.1, -0.05) is 24.2 Å². The molecule has 2 amide bonds. The molecule has 27 heavy (non-hydrogen) atoms. The van der Waals surface area contributed by atoms with Crippen LogP contribution in [0.3, 0.4) is 0 Å². The lowest BCUT2D eigenvalue weighted by atomic mass is 10.2. The number of hydrogen-bond acceptors (Lipinski definition) is 6. The highest BCUT2D eigenvalue weighted by molar-refractivity contribution is 8.01. The van der Waals surface area contributed by atoms with E-state index in [9.17, 15) is 9.59 Å². The van der Waals surface area contributed by atoms with E-state index < -0.39 is 5.25 Å². The van der Waals surface area contributed by atoms with Crippen molar-refractivity contribution in [3.05, 3.63) is 41.7 Å². The van der Waals surface area contributed by atoms with E-state index in [1.807, 2.05) is 31.2 Å². The minimum absolute atomic E-state index is 0. The smallest absolute Gasteiger partial charge is 0.238 e. The van der Waals surface area contributed by atoms with Gasteiger partial charge in [0.1, 0.15) is 5.76 Å². The number of thioether (sulfide) groups is 1. The van der Waals surface area contributed by atoms with Crippen molar-refractivity contribution in [3.8, 4) is 0 Å². The molecule has 1 atom stereocenters. The Kier molecular flexibility index (Phi) is 9.92. The summed E-state index contributed by atoms with van der Waals surface area (Å²) in [7, 11) is 0. The van der Waals surface area contributed by atoms with Crippen LogP contribution in [0, 0.1) is 6.92 Å². The lowest BCUT2D eigenvalue weighted by Gasteiger charge is -2.11. The van der Waals surface area contributed by atoms with Crippen LogP contribution in [-0.2, 0) is 16.1 Å². The molecule has 0 aliphatic heterocycles. The molecule has 0 spiro atoms. The number of carbonyl (C=O) groups is 2. The molecule has 3 N–H and O–H groups in total. The summed E-state index contributed by atoms with van der Waals surface area (Å²) in [6.07, 6.45) is 0. The van der Waals surface area contributed by atoms with Crippen LogP contribution in [0.2, 0.25) is 0 Å². The molecule has 0 bridgehead atoms. The molecule has 9 heteroatoms. The van der Waals surface area contributed by atoms with Gasteiger partial charge < -0.3 is 20.5 Å². The normalized spacial score (nSPS) is 11.4. The molecule has 1 unspecified atom stereocenters. The first kappa shape index (κ1) is 23.0. The maximum Gasteiger partial charge on any atom is 0.238 e. The zero-order valence-corrected chi connectivity index (χ0v) is 17.2. The summed E-state index contributed by atoms with van der Waals surface area (Å²) in [5.74, 6) is 0.818. The van der Waals surface area contributed by atoms with Crippen molar-refractivity contribution in [1.29, 1.82) is 0 Å². The lowest BCUT2D eigenvalue weighted by molar-refractivity contribution is -0.115. The van der Waals surface area contributed by atoms with Gasteiger partial charge in [-0.25, -0.2) is 0 Å². The molecule has 1 aromatic heterocycles. The van der Waals surface area contributed by atoms with Gasteiger partial charge in [0, 0.05) is 18.3 Å². The Morgan fingerprint density at radius 2 is 2.04 bits per heavy atom. The van der Waals surface area contributed by atoms with E-state index in [0.29, 0.717) is 11.6 Å². The molecule has 7 nitrogen and oxygen atoms in total. The van der Waals surface area contributed by atoms with Crippen molar-refractivity contribution in [3.63, 3.8) is 0 Å². The van der Waals surface area contributed by atoms with Crippen molar-refractivity contribution in [1.82, 2.24) is 10.5 Å². The molecule has 0 fully saturated rings. The largest absolute Gasteiger partial charge is 0.360 e. The van der Waals surface area contributed by atoms with Crippen LogP contribution in [-0.4, -0.2) is 34.5 Å². The van der Waals surface area contributed by atoms with Crippen molar-refractivity contribution in [2.45, 2.75) is 32.6 Å². The van der Waals surface area contributed by atoms with Crippen LogP contribution >= 0.6 is 24.2 Å². The second-order valence-electron chi connectivity index (χ2n) is 5.79. The minimum Gasteiger partial charge on any atom is -0.360 e. The van der Waals surface area contributed by atoms with E-state index in [2.05, 4.69) is 21.1 Å². The average Bonchev–Trinajstić information content (AvgIpc) is 3.03. The molecule has 0 saturated heterocycles. The third-order valence-corrected chi connectivity index (χ3v) is 4.65. The topological polar surface area (TPSA) is 96.3 Å². The number of benzene rings is 1. The lowest BCUT2D eigenvalue weighted by Crippen LogP contribution is -2.25. The van der Waals surface area contributed by atoms with E-state index in [0.717, 1.165) is 24.3 Å². The van der Waals surface area contributed by atoms with Gasteiger partial charge >= 0.3 is 0 Å². The Morgan fingerprint density at radius 1 is 1.26 bits per heavy atom. The Morgan fingerprint density at radius 3 is 2.70 bits per heavy atom. The molecule has 0 saturated carbocycles. The highest BCUT2D eigenvalue weighted by atomic mass is 35.5. The number of nitrogens with zero attached hydrogens (tertiary/aromatic N) is 1. The maximum absolute atomic E-state index is 12.1. The number of nitrogens with one attached hydrogen (secondary N) is 3. The molecular weight excluding hydrogens is 388 g/mol. The monoisotopic (exact) mass is 412 g/mol. The van der Waals surface area contributed by atoms with Gasteiger partial charge in [0.05, 0.1) is 11.0 Å². The summed E-state index contributed by atoms with van der Waals surface area (Å²) in [4.78, 5) is 24.2. The molecule has 2 aromatic rings. The number of anilines is 2. The van der Waals surface area contributed by atoms with Gasteiger partial charge in [-0.2, -0.15) is 0 Å². The van der Waals surface area contributed by atoms with Crippen molar-refractivity contribution in [2.75, 3.05) is 22.9 Å². The number of halogens is 1. The molecule has 0 aliphatic rings. The van der Waals surface area contributed by atoms with Crippen molar-refractivity contribution >= 4 is 47.5 Å². The van der Waals surface area contributed by atoms with Crippen LogP contribution in [0.25, 0.3) is 0 Å². The number of hydrogen-bond donors (Lipinski definition) is 3. The molecular formula is C18H25ClN4O3S. The highest BCUT2D eigenvalue weighted by Gasteiger charge is 2.17. The number of aromatic nitrogens is 1. The summed E-state index contributed by atoms with van der Waals surface area (Å²) in [5, 5.41) is 12.1. The third-order valence-electron chi connectivity index (χ3n) is 3.50. The summed E-state index contributed by atoms with van der Waals surface area (Å²) >= 11 is 1.26. The quantitative estimate of drug-likeness (QED) is 0.585. The molecule has 1 aromatic carbocycles. The van der Waals surface area contributed by atoms with Crippen LogP contribution in [0.4, 0.5) is 11.5 Å². The second-order valence-corrected chi connectivity index (χ2v) is 7.12. The summed E-state index contributed by atoms with van der Waals surface area (Å²) in [6.45, 7) is 7.19. The van der Waals surface area contributed by atoms with Gasteiger partial charge in [0.15, 0.2) is 5.82 Å². The van der Waals surface area contributed by atoms with E-state index in [1.165, 1.54) is 11.8 Å². The summed E-state index contributed by atoms with van der Waals surface area (Å²) in [5.41, 5.74) is 1.86. The zero-order valence-electron chi connectivity index (χ0n) is 15.6. The predicted octanol–water partition coefficient (Wildman–Crippen LogP) is 3.21. The Hall–Kier alpha value is -2.03. The highest BCUT2D eigenvalue weighted by Crippen LogP contribution is 2.16. The van der Waals surface area contributed by atoms with E-state index in [1.54, 1.807) is 19.9 Å². The zero-order chi connectivity index (χ0) is 18.9. The summed E-state index contributed by atoms with van der Waals surface area (Å²) < 4.78 is 4.90. The standard InChI is InChI=1S/C18H24N4O3S.ClH/c1-4-19-10-14-6-5-7-15(9-14)20-17(23)11-26-13(3)18(24)21-16-8-12(2)25-22-16;/h5-9,13,19H,4,10-11H2,1-3H3,(H,20,23)(H,21,22,24);1H. The second kappa shape index (κ2) is 11.6. The first-order chi connectivity index (χ1) is 12.5. The van der Waals surface area contributed by atoms with Gasteiger partial charge in [-0.15, -0.1) is 24.2 Å². The van der Waals surface area contributed by atoms with E-state index >= 15 is 0 Å². The van der Waals surface area contributed by atoms with Crippen molar-refractivity contribution in [2.24, 2.45) is 0 Å². The van der Waals surface area contributed by atoms with Gasteiger partial charge in [0.25, 0.3) is 0 Å². The predicted molar refractivity (Wildman–Crippen MR) is 111 cm³/mol. The maximum atomic E-state index is 12.1. The van der Waals surface area contributed by atoms with Crippen LogP contribution in [0.15, 0.2) is 34.9 Å². The van der Waals surface area contributed by atoms with Gasteiger partial charge in [-0.3, -0.25) is 9.59 Å². The number of carbonyl (C=O) groups excluding carboxylic acids is 2.